The normalized spacial score (nSPS) is 25.6. The van der Waals surface area contributed by atoms with Crippen molar-refractivity contribution in [2.45, 2.75) is 51.9 Å². The SMILES string of the molecule is CC1(CN)CCN(C(=O)CNC(=O)CC2CCCCC2)C1.Cl. The van der Waals surface area contributed by atoms with Gasteiger partial charge in [-0.15, -0.1) is 12.4 Å². The second-order valence-electron chi connectivity index (χ2n) is 7.06. The Morgan fingerprint density at radius 3 is 2.55 bits per heavy atom. The largest absolute Gasteiger partial charge is 0.347 e. The van der Waals surface area contributed by atoms with Crippen LogP contribution in [0.3, 0.4) is 0 Å². The van der Waals surface area contributed by atoms with Crippen LogP contribution in [0.2, 0.25) is 0 Å². The standard InChI is InChI=1S/C16H29N3O2.ClH/c1-16(11-17)7-8-19(12-16)15(21)10-18-14(20)9-13-5-3-2-4-6-13;/h13H,2-12,17H2,1H3,(H,18,20);1H. The van der Waals surface area contributed by atoms with Gasteiger partial charge in [-0.2, -0.15) is 0 Å². The van der Waals surface area contributed by atoms with Crippen LogP contribution in [0.5, 0.6) is 0 Å². The Morgan fingerprint density at radius 2 is 1.95 bits per heavy atom. The third-order valence-electron chi connectivity index (χ3n) is 5.04. The molecule has 5 nitrogen and oxygen atoms in total. The first-order valence-corrected chi connectivity index (χ1v) is 8.27. The summed E-state index contributed by atoms with van der Waals surface area (Å²) in [6, 6.07) is 0. The molecule has 0 spiro atoms. The molecule has 128 valence electrons. The number of rotatable bonds is 5. The molecule has 1 saturated carbocycles. The molecule has 1 aliphatic carbocycles. The zero-order valence-corrected chi connectivity index (χ0v) is 14.4. The van der Waals surface area contributed by atoms with E-state index in [1.165, 1.54) is 19.3 Å². The fraction of sp³-hybridized carbons (Fsp3) is 0.875. The molecular weight excluding hydrogens is 302 g/mol. The monoisotopic (exact) mass is 331 g/mol. The lowest BCUT2D eigenvalue weighted by molar-refractivity contribution is -0.132. The Labute approximate surface area is 139 Å². The predicted molar refractivity (Wildman–Crippen MR) is 89.8 cm³/mol. The zero-order valence-electron chi connectivity index (χ0n) is 13.6. The van der Waals surface area contributed by atoms with E-state index in [1.54, 1.807) is 0 Å². The van der Waals surface area contributed by atoms with Gasteiger partial charge in [0.2, 0.25) is 11.8 Å². The van der Waals surface area contributed by atoms with Crippen LogP contribution in [-0.4, -0.2) is 42.9 Å². The number of nitrogens with zero attached hydrogens (tertiary/aromatic N) is 1. The highest BCUT2D eigenvalue weighted by molar-refractivity contribution is 5.85. The van der Waals surface area contributed by atoms with Crippen molar-refractivity contribution in [2.75, 3.05) is 26.2 Å². The van der Waals surface area contributed by atoms with E-state index in [0.717, 1.165) is 25.8 Å². The number of carbonyl (C=O) groups excluding carboxylic acids is 2. The first-order chi connectivity index (χ1) is 10.0. The van der Waals surface area contributed by atoms with E-state index in [9.17, 15) is 9.59 Å². The summed E-state index contributed by atoms with van der Waals surface area (Å²) in [5.74, 6) is 0.557. The van der Waals surface area contributed by atoms with E-state index in [0.29, 0.717) is 25.4 Å². The Balaban J connectivity index is 0.00000242. The van der Waals surface area contributed by atoms with Gasteiger partial charge in [0.25, 0.3) is 0 Å². The van der Waals surface area contributed by atoms with Crippen LogP contribution < -0.4 is 11.1 Å². The first-order valence-electron chi connectivity index (χ1n) is 8.27. The van der Waals surface area contributed by atoms with Crippen molar-refractivity contribution in [3.63, 3.8) is 0 Å². The van der Waals surface area contributed by atoms with Crippen LogP contribution >= 0.6 is 12.4 Å². The van der Waals surface area contributed by atoms with Gasteiger partial charge in [0.1, 0.15) is 0 Å². The molecular formula is C16H30ClN3O2. The molecule has 1 saturated heterocycles. The topological polar surface area (TPSA) is 75.4 Å². The third kappa shape index (κ3) is 5.43. The minimum absolute atomic E-state index is 0. The fourth-order valence-electron chi connectivity index (χ4n) is 3.41. The smallest absolute Gasteiger partial charge is 0.241 e. The molecule has 2 rings (SSSR count). The van der Waals surface area contributed by atoms with Gasteiger partial charge < -0.3 is 16.0 Å². The van der Waals surface area contributed by atoms with Crippen molar-refractivity contribution in [1.29, 1.82) is 0 Å². The molecule has 1 unspecified atom stereocenters. The maximum atomic E-state index is 12.1. The Bertz CT molecular complexity index is 386. The second kappa shape index (κ2) is 8.73. The summed E-state index contributed by atoms with van der Waals surface area (Å²) in [7, 11) is 0. The zero-order chi connectivity index (χ0) is 15.3. The number of nitrogens with one attached hydrogen (secondary N) is 1. The Kier molecular flexibility index (Phi) is 7.63. The molecule has 0 aromatic rings. The highest BCUT2D eigenvalue weighted by Crippen LogP contribution is 2.28. The van der Waals surface area contributed by atoms with Crippen LogP contribution in [0, 0.1) is 11.3 Å². The number of nitrogens with two attached hydrogens (primary N) is 1. The number of carbonyl (C=O) groups is 2. The van der Waals surface area contributed by atoms with E-state index >= 15 is 0 Å². The van der Waals surface area contributed by atoms with Gasteiger partial charge in [-0.3, -0.25) is 9.59 Å². The van der Waals surface area contributed by atoms with E-state index in [-0.39, 0.29) is 36.2 Å². The van der Waals surface area contributed by atoms with Gasteiger partial charge in [0.15, 0.2) is 0 Å². The minimum Gasteiger partial charge on any atom is -0.347 e. The molecule has 3 N–H and O–H groups in total. The second-order valence-corrected chi connectivity index (χ2v) is 7.06. The van der Waals surface area contributed by atoms with Gasteiger partial charge in [-0.25, -0.2) is 0 Å². The van der Waals surface area contributed by atoms with Crippen LogP contribution in [0.4, 0.5) is 0 Å². The summed E-state index contributed by atoms with van der Waals surface area (Å²) in [4.78, 5) is 25.9. The van der Waals surface area contributed by atoms with Gasteiger partial charge in [-0.05, 0) is 37.1 Å². The van der Waals surface area contributed by atoms with Crippen LogP contribution in [0.25, 0.3) is 0 Å². The summed E-state index contributed by atoms with van der Waals surface area (Å²) in [6.45, 7) is 4.31. The Morgan fingerprint density at radius 1 is 1.27 bits per heavy atom. The van der Waals surface area contributed by atoms with E-state index in [4.69, 9.17) is 5.73 Å². The van der Waals surface area contributed by atoms with Gasteiger partial charge >= 0.3 is 0 Å². The van der Waals surface area contributed by atoms with E-state index < -0.39 is 0 Å². The average Bonchev–Trinajstić information content (AvgIpc) is 2.89. The summed E-state index contributed by atoms with van der Waals surface area (Å²) in [5.41, 5.74) is 5.79. The highest BCUT2D eigenvalue weighted by Gasteiger charge is 2.34. The van der Waals surface area contributed by atoms with Crippen molar-refractivity contribution in [3.05, 3.63) is 0 Å². The lowest BCUT2D eigenvalue weighted by Gasteiger charge is -2.23. The van der Waals surface area contributed by atoms with Crippen molar-refractivity contribution in [2.24, 2.45) is 17.1 Å². The van der Waals surface area contributed by atoms with Crippen molar-refractivity contribution >= 4 is 24.2 Å². The highest BCUT2D eigenvalue weighted by atomic mass is 35.5. The lowest BCUT2D eigenvalue weighted by Crippen LogP contribution is -2.41. The van der Waals surface area contributed by atoms with Crippen molar-refractivity contribution in [3.8, 4) is 0 Å². The lowest BCUT2D eigenvalue weighted by atomic mass is 9.87. The maximum absolute atomic E-state index is 12.1. The quantitative estimate of drug-likeness (QED) is 0.805. The molecule has 1 heterocycles. The Hall–Kier alpha value is -0.810. The molecule has 0 aromatic carbocycles. The molecule has 6 heteroatoms. The van der Waals surface area contributed by atoms with E-state index in [2.05, 4.69) is 12.2 Å². The molecule has 0 bridgehead atoms. The molecule has 2 aliphatic rings. The van der Waals surface area contributed by atoms with Gasteiger partial charge in [-0.1, -0.05) is 26.2 Å². The summed E-state index contributed by atoms with van der Waals surface area (Å²) >= 11 is 0. The van der Waals surface area contributed by atoms with Crippen LogP contribution in [-0.2, 0) is 9.59 Å². The summed E-state index contributed by atoms with van der Waals surface area (Å²) < 4.78 is 0. The maximum Gasteiger partial charge on any atom is 0.241 e. The molecule has 2 amide bonds. The van der Waals surface area contributed by atoms with Crippen molar-refractivity contribution in [1.82, 2.24) is 10.2 Å². The predicted octanol–water partition coefficient (Wildman–Crippen LogP) is 1.69. The molecule has 22 heavy (non-hydrogen) atoms. The first kappa shape index (κ1) is 19.2. The van der Waals surface area contributed by atoms with Crippen LogP contribution in [0.15, 0.2) is 0 Å². The molecule has 1 atom stereocenters. The minimum atomic E-state index is 0. The average molecular weight is 332 g/mol. The number of hydrogen-bond donors (Lipinski definition) is 2. The fourth-order valence-corrected chi connectivity index (χ4v) is 3.41. The van der Waals surface area contributed by atoms with Crippen LogP contribution in [0.1, 0.15) is 51.9 Å². The van der Waals surface area contributed by atoms with Gasteiger partial charge in [0.05, 0.1) is 6.54 Å². The van der Waals surface area contributed by atoms with E-state index in [1.807, 2.05) is 4.90 Å². The molecule has 0 aromatic heterocycles. The summed E-state index contributed by atoms with van der Waals surface area (Å²) in [5, 5.41) is 2.79. The summed E-state index contributed by atoms with van der Waals surface area (Å²) in [6.07, 6.45) is 7.61. The molecule has 1 aliphatic heterocycles. The van der Waals surface area contributed by atoms with Crippen molar-refractivity contribution < 1.29 is 9.59 Å². The molecule has 0 radical (unpaired) electrons. The third-order valence-corrected chi connectivity index (χ3v) is 5.04. The number of amides is 2. The number of hydrogen-bond acceptors (Lipinski definition) is 3. The molecule has 2 fully saturated rings. The number of halogens is 1. The van der Waals surface area contributed by atoms with Gasteiger partial charge in [0, 0.05) is 19.5 Å². The number of likely N-dealkylation sites (tertiary alicyclic amines) is 1.